The molecule has 1 fully saturated rings. The van der Waals surface area contributed by atoms with Crippen molar-refractivity contribution in [3.05, 3.63) is 47.1 Å². The van der Waals surface area contributed by atoms with Crippen molar-refractivity contribution < 1.29 is 9.32 Å². The van der Waals surface area contributed by atoms with E-state index in [4.69, 9.17) is 4.52 Å². The number of carbonyl (C=O) groups is 1. The van der Waals surface area contributed by atoms with Gasteiger partial charge in [-0.25, -0.2) is 0 Å². The van der Waals surface area contributed by atoms with Gasteiger partial charge in [-0.05, 0) is 25.5 Å². The Labute approximate surface area is 111 Å². The Morgan fingerprint density at radius 2 is 2.05 bits per heavy atom. The number of carbonyl (C=O) groups excluding carboxylic acids is 1. The topological polar surface area (TPSA) is 59.2 Å². The van der Waals surface area contributed by atoms with Crippen LogP contribution < -0.4 is 0 Å². The molecule has 1 aromatic heterocycles. The molecule has 1 aliphatic rings. The Kier molecular flexibility index (Phi) is 2.81. The highest BCUT2D eigenvalue weighted by Crippen LogP contribution is 2.27. The summed E-state index contributed by atoms with van der Waals surface area (Å²) in [7, 11) is 0. The van der Waals surface area contributed by atoms with Crippen LogP contribution in [-0.4, -0.2) is 34.0 Å². The Hall–Kier alpha value is -2.17. The first-order valence-corrected chi connectivity index (χ1v) is 6.30. The molecule has 1 saturated heterocycles. The van der Waals surface area contributed by atoms with E-state index in [9.17, 15) is 4.79 Å². The van der Waals surface area contributed by atoms with Crippen LogP contribution in [0.25, 0.3) is 0 Å². The van der Waals surface area contributed by atoms with Gasteiger partial charge < -0.3 is 9.42 Å². The minimum absolute atomic E-state index is 0.0746. The van der Waals surface area contributed by atoms with Gasteiger partial charge in [-0.3, -0.25) is 4.79 Å². The molecule has 1 aromatic carbocycles. The number of aryl methyl sites for hydroxylation is 2. The van der Waals surface area contributed by atoms with Gasteiger partial charge in [-0.1, -0.05) is 23.4 Å². The highest BCUT2D eigenvalue weighted by atomic mass is 16.5. The summed E-state index contributed by atoms with van der Waals surface area (Å²) in [6.07, 6.45) is 0. The van der Waals surface area contributed by atoms with Gasteiger partial charge in [-0.15, -0.1) is 0 Å². The fraction of sp³-hybridized carbons (Fsp3) is 0.357. The molecule has 2 aromatic rings. The highest BCUT2D eigenvalue weighted by molar-refractivity contribution is 5.96. The molecule has 0 N–H and O–H groups in total. The third kappa shape index (κ3) is 2.12. The molecule has 19 heavy (non-hydrogen) atoms. The summed E-state index contributed by atoms with van der Waals surface area (Å²) in [5, 5.41) is 3.77. The van der Waals surface area contributed by atoms with Crippen LogP contribution >= 0.6 is 0 Å². The summed E-state index contributed by atoms with van der Waals surface area (Å²) in [5.41, 5.74) is 1.77. The number of aromatic nitrogens is 2. The maximum absolute atomic E-state index is 12.3. The van der Waals surface area contributed by atoms with Crippen LogP contribution in [0.15, 0.2) is 28.8 Å². The molecule has 3 rings (SSSR count). The average Bonchev–Trinajstić information content (AvgIpc) is 2.74. The smallest absolute Gasteiger partial charge is 0.254 e. The quantitative estimate of drug-likeness (QED) is 0.824. The summed E-state index contributed by atoms with van der Waals surface area (Å²) >= 11 is 0. The molecule has 0 aliphatic carbocycles. The molecule has 2 heterocycles. The first-order valence-electron chi connectivity index (χ1n) is 6.30. The van der Waals surface area contributed by atoms with Crippen molar-refractivity contribution in [2.24, 2.45) is 0 Å². The maximum atomic E-state index is 12.3. The lowest BCUT2D eigenvalue weighted by atomic mass is 9.97. The van der Waals surface area contributed by atoms with Crippen LogP contribution in [0.1, 0.15) is 33.6 Å². The molecule has 1 aliphatic heterocycles. The molecule has 0 unspecified atom stereocenters. The highest BCUT2D eigenvalue weighted by Gasteiger charge is 2.36. The zero-order valence-electron chi connectivity index (χ0n) is 11.0. The Balaban J connectivity index is 1.68. The number of nitrogens with zero attached hydrogens (tertiary/aromatic N) is 3. The molecular weight excluding hydrogens is 242 g/mol. The minimum atomic E-state index is 0.0746. The van der Waals surface area contributed by atoms with Crippen molar-refractivity contribution in [1.82, 2.24) is 15.0 Å². The first-order chi connectivity index (χ1) is 9.15. The van der Waals surface area contributed by atoms with Crippen LogP contribution in [0.5, 0.6) is 0 Å². The molecule has 98 valence electrons. The van der Waals surface area contributed by atoms with E-state index >= 15 is 0 Å². The van der Waals surface area contributed by atoms with Gasteiger partial charge in [0.2, 0.25) is 5.89 Å². The van der Waals surface area contributed by atoms with Gasteiger partial charge in [0.15, 0.2) is 5.82 Å². The first kappa shape index (κ1) is 11.9. The van der Waals surface area contributed by atoms with E-state index in [1.54, 1.807) is 6.92 Å². The van der Waals surface area contributed by atoms with Crippen molar-refractivity contribution in [2.45, 2.75) is 19.8 Å². The zero-order chi connectivity index (χ0) is 13.4. The number of hydrogen-bond acceptors (Lipinski definition) is 4. The molecule has 0 atom stereocenters. The molecular formula is C14H15N3O2. The molecule has 1 amide bonds. The van der Waals surface area contributed by atoms with Gasteiger partial charge in [0.1, 0.15) is 0 Å². The number of likely N-dealkylation sites (tertiary alicyclic amines) is 1. The lowest BCUT2D eigenvalue weighted by Gasteiger charge is -2.37. The van der Waals surface area contributed by atoms with E-state index in [0.717, 1.165) is 11.1 Å². The van der Waals surface area contributed by atoms with E-state index in [2.05, 4.69) is 10.1 Å². The Morgan fingerprint density at radius 1 is 1.32 bits per heavy atom. The van der Waals surface area contributed by atoms with Crippen LogP contribution in [0.4, 0.5) is 0 Å². The second-order valence-corrected chi connectivity index (χ2v) is 4.90. The summed E-state index contributed by atoms with van der Waals surface area (Å²) in [4.78, 5) is 18.3. The number of benzene rings is 1. The Morgan fingerprint density at radius 3 is 2.68 bits per heavy atom. The van der Waals surface area contributed by atoms with Crippen LogP contribution in [-0.2, 0) is 0 Å². The van der Waals surface area contributed by atoms with Gasteiger partial charge in [0.05, 0.1) is 5.92 Å². The largest absolute Gasteiger partial charge is 0.339 e. The van der Waals surface area contributed by atoms with Gasteiger partial charge in [-0.2, -0.15) is 4.98 Å². The molecule has 0 radical (unpaired) electrons. The lowest BCUT2D eigenvalue weighted by molar-refractivity contribution is 0.0568. The fourth-order valence-electron chi connectivity index (χ4n) is 2.26. The molecule has 0 saturated carbocycles. The summed E-state index contributed by atoms with van der Waals surface area (Å²) in [6.45, 7) is 5.04. The van der Waals surface area contributed by atoms with Gasteiger partial charge in [0.25, 0.3) is 5.91 Å². The normalized spacial score (nSPS) is 15.4. The van der Waals surface area contributed by atoms with Gasteiger partial charge >= 0.3 is 0 Å². The van der Waals surface area contributed by atoms with Crippen molar-refractivity contribution >= 4 is 5.91 Å². The Bertz CT molecular complexity index is 615. The number of rotatable bonds is 2. The molecule has 0 spiro atoms. The molecule has 5 nitrogen and oxygen atoms in total. The van der Waals surface area contributed by atoms with E-state index < -0.39 is 0 Å². The van der Waals surface area contributed by atoms with Crippen molar-refractivity contribution in [1.29, 1.82) is 0 Å². The van der Waals surface area contributed by atoms with Crippen LogP contribution in [0.3, 0.4) is 0 Å². The number of amides is 1. The second kappa shape index (κ2) is 4.50. The lowest BCUT2D eigenvalue weighted by Crippen LogP contribution is -2.48. The third-order valence-electron chi connectivity index (χ3n) is 3.44. The predicted octanol–water partition coefficient (Wildman–Crippen LogP) is 1.93. The van der Waals surface area contributed by atoms with E-state index in [1.165, 1.54) is 0 Å². The van der Waals surface area contributed by atoms with Crippen molar-refractivity contribution in [3.8, 4) is 0 Å². The fourth-order valence-corrected chi connectivity index (χ4v) is 2.26. The SMILES string of the molecule is Cc1noc(C2CN(C(=O)c3ccccc3C)C2)n1. The van der Waals surface area contributed by atoms with Gasteiger partial charge in [0, 0.05) is 18.7 Å². The maximum Gasteiger partial charge on any atom is 0.254 e. The average molecular weight is 257 g/mol. The van der Waals surface area contributed by atoms with E-state index in [1.807, 2.05) is 36.1 Å². The second-order valence-electron chi connectivity index (χ2n) is 4.90. The molecule has 0 bridgehead atoms. The standard InChI is InChI=1S/C14H15N3O2/c1-9-5-3-4-6-12(9)14(18)17-7-11(8-17)13-15-10(2)16-19-13/h3-6,11H,7-8H2,1-2H3. The summed E-state index contributed by atoms with van der Waals surface area (Å²) < 4.78 is 5.13. The zero-order valence-corrected chi connectivity index (χ0v) is 11.0. The molecule has 5 heteroatoms. The van der Waals surface area contributed by atoms with Crippen molar-refractivity contribution in [2.75, 3.05) is 13.1 Å². The summed E-state index contributed by atoms with van der Waals surface area (Å²) in [5.74, 6) is 1.52. The van der Waals surface area contributed by atoms with E-state index in [0.29, 0.717) is 24.8 Å². The van der Waals surface area contributed by atoms with Crippen LogP contribution in [0, 0.1) is 13.8 Å². The minimum Gasteiger partial charge on any atom is -0.339 e. The van der Waals surface area contributed by atoms with Crippen LogP contribution in [0.2, 0.25) is 0 Å². The summed E-state index contributed by atoms with van der Waals surface area (Å²) in [6, 6.07) is 7.64. The third-order valence-corrected chi connectivity index (χ3v) is 3.44. The van der Waals surface area contributed by atoms with Crippen molar-refractivity contribution in [3.63, 3.8) is 0 Å². The van der Waals surface area contributed by atoms with E-state index in [-0.39, 0.29) is 11.8 Å². The monoisotopic (exact) mass is 257 g/mol. The number of hydrogen-bond donors (Lipinski definition) is 0. The predicted molar refractivity (Wildman–Crippen MR) is 68.9 cm³/mol.